The Hall–Kier alpha value is -2.56. The molecule has 0 aliphatic carbocycles. The molecule has 1 aromatic heterocycles. The molecule has 0 spiro atoms. The Morgan fingerprint density at radius 2 is 1.73 bits per heavy atom. The summed E-state index contributed by atoms with van der Waals surface area (Å²) in [6, 6.07) is 4.91. The van der Waals surface area contributed by atoms with Gasteiger partial charge in [0.2, 0.25) is 0 Å². The fourth-order valence-corrected chi connectivity index (χ4v) is 4.70. The third-order valence-electron chi connectivity index (χ3n) is 5.11. The summed E-state index contributed by atoms with van der Waals surface area (Å²) in [5, 5.41) is 7.81. The molecule has 2 aromatic rings. The molecule has 1 aliphatic heterocycles. The number of nitrogens with zero attached hydrogens (tertiary/aromatic N) is 3. The van der Waals surface area contributed by atoms with Crippen LogP contribution in [0.4, 0.5) is 28.0 Å². The first-order chi connectivity index (χ1) is 14.1. The molecule has 0 radical (unpaired) electrons. The molecule has 3 rings (SSSR count). The number of alkyl halides is 4. The van der Waals surface area contributed by atoms with Gasteiger partial charge in [-0.15, -0.1) is 0 Å². The molecule has 1 aromatic carbocycles. The second-order valence-electron chi connectivity index (χ2n) is 7.10. The molecule has 6 nitrogen and oxygen atoms in total. The van der Waals surface area contributed by atoms with Crippen LogP contribution < -0.4 is 5.32 Å². The van der Waals surface area contributed by atoms with E-state index >= 15 is 4.39 Å². The molecule has 1 N–H and O–H groups in total. The van der Waals surface area contributed by atoms with E-state index in [1.165, 1.54) is 24.2 Å². The van der Waals surface area contributed by atoms with Crippen LogP contribution in [0.2, 0.25) is 0 Å². The summed E-state index contributed by atoms with van der Waals surface area (Å²) in [4.78, 5) is 13.8. The summed E-state index contributed by atoms with van der Waals surface area (Å²) in [5.74, 6) is -0.604. The highest BCUT2D eigenvalue weighted by molar-refractivity contribution is 7.86. The van der Waals surface area contributed by atoms with Crippen molar-refractivity contribution in [3.05, 3.63) is 48.3 Å². The minimum Gasteiger partial charge on any atom is -0.325 e. The van der Waals surface area contributed by atoms with Crippen LogP contribution in [-0.2, 0) is 17.0 Å². The van der Waals surface area contributed by atoms with Crippen LogP contribution in [0.5, 0.6) is 0 Å². The molecule has 11 heteroatoms. The molecule has 2 atom stereocenters. The maximum Gasteiger partial charge on any atom is 0.416 e. The van der Waals surface area contributed by atoms with Crippen LogP contribution in [0.15, 0.2) is 47.6 Å². The van der Waals surface area contributed by atoms with E-state index in [0.717, 1.165) is 24.3 Å². The highest BCUT2D eigenvalue weighted by Crippen LogP contribution is 2.38. The van der Waals surface area contributed by atoms with Crippen LogP contribution in [0.1, 0.15) is 25.3 Å². The Morgan fingerprint density at radius 3 is 2.27 bits per heavy atom. The van der Waals surface area contributed by atoms with Gasteiger partial charge in [0.05, 0.1) is 34.4 Å². The van der Waals surface area contributed by atoms with Gasteiger partial charge < -0.3 is 10.2 Å². The lowest BCUT2D eigenvalue weighted by molar-refractivity contribution is -0.137. The van der Waals surface area contributed by atoms with Crippen molar-refractivity contribution < 1.29 is 26.6 Å². The summed E-state index contributed by atoms with van der Waals surface area (Å²) in [5.41, 5.74) is -0.400. The molecule has 2 heterocycles. The van der Waals surface area contributed by atoms with Gasteiger partial charge in [0.1, 0.15) is 0 Å². The third kappa shape index (κ3) is 4.94. The summed E-state index contributed by atoms with van der Waals surface area (Å²) >= 11 is 0. The van der Waals surface area contributed by atoms with Gasteiger partial charge in [-0.3, -0.25) is 4.21 Å². The van der Waals surface area contributed by atoms with Crippen molar-refractivity contribution in [2.45, 2.75) is 35.8 Å². The predicted molar refractivity (Wildman–Crippen MR) is 103 cm³/mol. The maximum atomic E-state index is 15.4. The average molecular weight is 444 g/mol. The lowest BCUT2D eigenvalue weighted by Crippen LogP contribution is -2.46. The number of hydrogen-bond acceptors (Lipinski definition) is 4. The number of carbonyl (C=O) groups is 1. The minimum atomic E-state index is -4.52. The Kier molecular flexibility index (Phi) is 6.39. The number of hydrogen-bond donors (Lipinski definition) is 1. The number of benzene rings is 1. The number of amides is 2. The van der Waals surface area contributed by atoms with Crippen molar-refractivity contribution in [3.63, 3.8) is 0 Å². The SMILES string of the molecule is CC(F)(C1CCN(C(=O)Nc2ccnnc2)CC1)S(=O)c1ccc(C(F)(F)F)cc1. The molecule has 2 unspecified atom stereocenters. The zero-order chi connectivity index (χ0) is 21.9. The Labute approximate surface area is 173 Å². The van der Waals surface area contributed by atoms with Crippen molar-refractivity contribution in [1.82, 2.24) is 15.1 Å². The van der Waals surface area contributed by atoms with Gasteiger partial charge in [0.25, 0.3) is 0 Å². The first-order valence-electron chi connectivity index (χ1n) is 9.19. The summed E-state index contributed by atoms with van der Waals surface area (Å²) < 4.78 is 66.2. The fourth-order valence-electron chi connectivity index (χ4n) is 3.31. The molecule has 2 amide bonds. The first kappa shape index (κ1) is 22.1. The lowest BCUT2D eigenvalue weighted by Gasteiger charge is -2.37. The van der Waals surface area contributed by atoms with Gasteiger partial charge in [-0.25, -0.2) is 9.18 Å². The minimum absolute atomic E-state index is 0.00152. The zero-order valence-corrected chi connectivity index (χ0v) is 16.8. The molecule has 30 heavy (non-hydrogen) atoms. The number of urea groups is 1. The first-order valence-corrected chi connectivity index (χ1v) is 10.3. The van der Waals surface area contributed by atoms with Gasteiger partial charge in [-0.2, -0.15) is 23.4 Å². The molecule has 1 saturated heterocycles. The van der Waals surface area contributed by atoms with Gasteiger partial charge >= 0.3 is 12.2 Å². The van der Waals surface area contributed by atoms with E-state index in [4.69, 9.17) is 0 Å². The fraction of sp³-hybridized carbons (Fsp3) is 0.421. The highest BCUT2D eigenvalue weighted by Gasteiger charge is 2.43. The van der Waals surface area contributed by atoms with E-state index in [1.807, 2.05) is 0 Å². The van der Waals surface area contributed by atoms with E-state index < -0.39 is 33.5 Å². The normalized spacial score (nSPS) is 18.5. The number of halogens is 4. The van der Waals surface area contributed by atoms with Crippen LogP contribution >= 0.6 is 0 Å². The molecule has 1 fully saturated rings. The van der Waals surface area contributed by atoms with Crippen LogP contribution in [-0.4, -0.2) is 43.4 Å². The molecule has 0 saturated carbocycles. The monoisotopic (exact) mass is 444 g/mol. The smallest absolute Gasteiger partial charge is 0.325 e. The standard InChI is InChI=1S/C19H20F4N4O2S/c1-18(20,30(29)16-4-2-14(3-5-16)19(21,22)23)13-7-10-27(11-8-13)17(28)26-15-6-9-24-25-12-15/h2-6,9,12-13H,7-8,10-11H2,1H3,(H,24,26,28). The van der Waals surface area contributed by atoms with Crippen LogP contribution in [0.25, 0.3) is 0 Å². The Morgan fingerprint density at radius 1 is 1.10 bits per heavy atom. The predicted octanol–water partition coefficient (Wildman–Crippen LogP) is 4.23. The largest absolute Gasteiger partial charge is 0.416 e. The maximum absolute atomic E-state index is 15.4. The van der Waals surface area contributed by atoms with E-state index in [9.17, 15) is 22.2 Å². The van der Waals surface area contributed by atoms with E-state index in [0.29, 0.717) is 5.69 Å². The highest BCUT2D eigenvalue weighted by atomic mass is 32.2. The number of nitrogens with one attached hydrogen (secondary N) is 1. The van der Waals surface area contributed by atoms with E-state index in [-0.39, 0.29) is 36.9 Å². The third-order valence-corrected chi connectivity index (χ3v) is 6.86. The van der Waals surface area contributed by atoms with Crippen molar-refractivity contribution in [2.24, 2.45) is 5.92 Å². The average Bonchev–Trinajstić information content (AvgIpc) is 2.73. The van der Waals surface area contributed by atoms with Crippen LogP contribution in [0.3, 0.4) is 0 Å². The number of aromatic nitrogens is 2. The molecular formula is C19H20F4N4O2S. The topological polar surface area (TPSA) is 75.2 Å². The van der Waals surface area contributed by atoms with Gasteiger partial charge in [0, 0.05) is 23.9 Å². The second-order valence-corrected chi connectivity index (χ2v) is 8.91. The molecule has 0 bridgehead atoms. The van der Waals surface area contributed by atoms with Crippen molar-refractivity contribution >= 4 is 22.5 Å². The molecule has 1 aliphatic rings. The summed E-state index contributed by atoms with van der Waals surface area (Å²) in [6.07, 6.45) is -1.12. The van der Waals surface area contributed by atoms with Gasteiger partial charge in [0.15, 0.2) is 5.00 Å². The summed E-state index contributed by atoms with van der Waals surface area (Å²) in [7, 11) is -2.15. The number of carbonyl (C=O) groups excluding carboxylic acids is 1. The zero-order valence-electron chi connectivity index (χ0n) is 16.0. The van der Waals surface area contributed by atoms with Crippen molar-refractivity contribution in [1.29, 1.82) is 0 Å². The van der Waals surface area contributed by atoms with Crippen molar-refractivity contribution in [3.8, 4) is 0 Å². The van der Waals surface area contributed by atoms with E-state index in [1.54, 1.807) is 6.07 Å². The van der Waals surface area contributed by atoms with Gasteiger partial charge in [-0.05, 0) is 50.1 Å². The number of anilines is 1. The number of piperidine rings is 1. The Bertz CT molecular complexity index is 899. The number of rotatable bonds is 4. The van der Waals surface area contributed by atoms with Gasteiger partial charge in [-0.1, -0.05) is 0 Å². The lowest BCUT2D eigenvalue weighted by atomic mass is 9.92. The quantitative estimate of drug-likeness (QED) is 0.716. The molecular weight excluding hydrogens is 424 g/mol. The second kappa shape index (κ2) is 8.66. The van der Waals surface area contributed by atoms with Crippen LogP contribution in [0, 0.1) is 5.92 Å². The Balaban J connectivity index is 1.61. The molecule has 162 valence electrons. The van der Waals surface area contributed by atoms with E-state index in [2.05, 4.69) is 15.5 Å². The number of likely N-dealkylation sites (tertiary alicyclic amines) is 1. The van der Waals surface area contributed by atoms with Crippen molar-refractivity contribution in [2.75, 3.05) is 18.4 Å². The summed E-state index contributed by atoms with van der Waals surface area (Å²) in [6.45, 7) is 1.72.